The Bertz CT molecular complexity index is 833. The highest BCUT2D eigenvalue weighted by Crippen LogP contribution is 2.15. The molecule has 2 heterocycles. The SMILES string of the molecule is Cc1ccc(C(O)Cn2cnc3c(cnn3C)c2=O)cc1. The second-order valence-electron chi connectivity index (χ2n) is 5.13. The Balaban J connectivity index is 1.92. The van der Waals surface area contributed by atoms with Crippen molar-refractivity contribution in [3.63, 3.8) is 0 Å². The van der Waals surface area contributed by atoms with E-state index < -0.39 is 6.10 Å². The highest BCUT2D eigenvalue weighted by Gasteiger charge is 2.12. The Kier molecular flexibility index (Phi) is 3.31. The van der Waals surface area contributed by atoms with Crippen LogP contribution in [-0.2, 0) is 13.6 Å². The molecule has 1 N–H and O–H groups in total. The van der Waals surface area contributed by atoms with Crippen LogP contribution in [0.3, 0.4) is 0 Å². The van der Waals surface area contributed by atoms with Crippen LogP contribution in [0, 0.1) is 6.92 Å². The maximum absolute atomic E-state index is 12.3. The van der Waals surface area contributed by atoms with Gasteiger partial charge in [0.15, 0.2) is 5.65 Å². The molecule has 0 saturated carbocycles. The lowest BCUT2D eigenvalue weighted by molar-refractivity contribution is 0.155. The molecule has 21 heavy (non-hydrogen) atoms. The van der Waals surface area contributed by atoms with Crippen LogP contribution < -0.4 is 5.56 Å². The molecule has 0 fully saturated rings. The van der Waals surface area contributed by atoms with Crippen LogP contribution in [0.25, 0.3) is 11.0 Å². The standard InChI is InChI=1S/C15H16N4O2/c1-10-3-5-11(6-4-10)13(20)8-19-9-16-14-12(15(19)21)7-17-18(14)2/h3-7,9,13,20H,8H2,1-2H3. The third kappa shape index (κ3) is 2.45. The Morgan fingerprint density at radius 3 is 2.71 bits per heavy atom. The van der Waals surface area contributed by atoms with E-state index in [1.54, 1.807) is 11.7 Å². The smallest absolute Gasteiger partial charge is 0.264 e. The molecule has 0 aliphatic heterocycles. The molecule has 6 nitrogen and oxygen atoms in total. The van der Waals surface area contributed by atoms with Crippen LogP contribution in [0.5, 0.6) is 0 Å². The topological polar surface area (TPSA) is 72.9 Å². The summed E-state index contributed by atoms with van der Waals surface area (Å²) in [5.74, 6) is 0. The average Bonchev–Trinajstić information content (AvgIpc) is 2.85. The van der Waals surface area contributed by atoms with Gasteiger partial charge in [-0.3, -0.25) is 14.0 Å². The molecule has 6 heteroatoms. The number of fused-ring (bicyclic) bond motifs is 1. The number of hydrogen-bond donors (Lipinski definition) is 1. The van der Waals surface area contributed by atoms with Crippen molar-refractivity contribution in [1.82, 2.24) is 19.3 Å². The first-order valence-electron chi connectivity index (χ1n) is 6.68. The fourth-order valence-electron chi connectivity index (χ4n) is 2.28. The van der Waals surface area contributed by atoms with Crippen LogP contribution in [-0.4, -0.2) is 24.4 Å². The van der Waals surface area contributed by atoms with Gasteiger partial charge in [-0.05, 0) is 12.5 Å². The van der Waals surface area contributed by atoms with Gasteiger partial charge in [0.25, 0.3) is 5.56 Å². The van der Waals surface area contributed by atoms with Gasteiger partial charge in [-0.25, -0.2) is 4.98 Å². The van der Waals surface area contributed by atoms with Crippen molar-refractivity contribution in [2.75, 3.05) is 0 Å². The lowest BCUT2D eigenvalue weighted by atomic mass is 10.1. The van der Waals surface area contributed by atoms with Gasteiger partial charge in [-0.2, -0.15) is 5.10 Å². The largest absolute Gasteiger partial charge is 0.387 e. The molecule has 0 radical (unpaired) electrons. The maximum Gasteiger partial charge on any atom is 0.264 e. The zero-order valence-corrected chi connectivity index (χ0v) is 11.9. The Morgan fingerprint density at radius 2 is 2.00 bits per heavy atom. The predicted molar refractivity (Wildman–Crippen MR) is 78.9 cm³/mol. The monoisotopic (exact) mass is 284 g/mol. The molecule has 0 saturated heterocycles. The molecule has 0 spiro atoms. The molecular weight excluding hydrogens is 268 g/mol. The molecule has 0 aliphatic rings. The number of nitrogens with zero attached hydrogens (tertiary/aromatic N) is 4. The minimum absolute atomic E-state index is 0.166. The second kappa shape index (κ2) is 5.14. The Hall–Kier alpha value is -2.47. The van der Waals surface area contributed by atoms with Crippen molar-refractivity contribution in [3.8, 4) is 0 Å². The predicted octanol–water partition coefficient (Wildman–Crippen LogP) is 1.17. The normalized spacial score (nSPS) is 12.7. The molecule has 1 unspecified atom stereocenters. The first-order valence-corrected chi connectivity index (χ1v) is 6.68. The summed E-state index contributed by atoms with van der Waals surface area (Å²) in [4.78, 5) is 16.5. The van der Waals surface area contributed by atoms with Gasteiger partial charge in [0.1, 0.15) is 11.7 Å². The van der Waals surface area contributed by atoms with E-state index in [1.807, 2.05) is 31.2 Å². The molecule has 3 rings (SSSR count). The van der Waals surface area contributed by atoms with Gasteiger partial charge < -0.3 is 5.11 Å². The van der Waals surface area contributed by atoms with Gasteiger partial charge in [0.2, 0.25) is 0 Å². The molecule has 2 aromatic heterocycles. The number of hydrogen-bond acceptors (Lipinski definition) is 4. The highest BCUT2D eigenvalue weighted by atomic mass is 16.3. The molecule has 0 bridgehead atoms. The van der Waals surface area contributed by atoms with Crippen LogP contribution in [0.1, 0.15) is 17.2 Å². The third-order valence-corrected chi connectivity index (χ3v) is 3.55. The van der Waals surface area contributed by atoms with E-state index >= 15 is 0 Å². The van der Waals surface area contributed by atoms with Crippen LogP contribution in [0.2, 0.25) is 0 Å². The fourth-order valence-corrected chi connectivity index (χ4v) is 2.28. The van der Waals surface area contributed by atoms with Crippen LogP contribution in [0.15, 0.2) is 41.6 Å². The Labute approximate surface area is 121 Å². The number of aromatic nitrogens is 4. The number of aliphatic hydroxyl groups is 1. The van der Waals surface area contributed by atoms with E-state index in [-0.39, 0.29) is 12.1 Å². The number of aliphatic hydroxyl groups excluding tert-OH is 1. The van der Waals surface area contributed by atoms with E-state index in [0.29, 0.717) is 11.0 Å². The molecule has 1 aromatic carbocycles. The quantitative estimate of drug-likeness (QED) is 0.783. The minimum atomic E-state index is -0.751. The van der Waals surface area contributed by atoms with E-state index in [2.05, 4.69) is 10.1 Å². The maximum atomic E-state index is 12.3. The summed E-state index contributed by atoms with van der Waals surface area (Å²) in [6.45, 7) is 2.15. The Morgan fingerprint density at radius 1 is 1.29 bits per heavy atom. The molecule has 1 atom stereocenters. The molecule has 0 amide bonds. The summed E-state index contributed by atoms with van der Waals surface area (Å²) in [5, 5.41) is 14.7. The summed E-state index contributed by atoms with van der Waals surface area (Å²) < 4.78 is 2.96. The summed E-state index contributed by atoms with van der Waals surface area (Å²) in [6, 6.07) is 7.59. The summed E-state index contributed by atoms with van der Waals surface area (Å²) in [5.41, 5.74) is 2.25. The lowest BCUT2D eigenvalue weighted by Gasteiger charge is -2.13. The van der Waals surface area contributed by atoms with Gasteiger partial charge >= 0.3 is 0 Å². The molecule has 3 aromatic rings. The third-order valence-electron chi connectivity index (χ3n) is 3.55. The van der Waals surface area contributed by atoms with Crippen molar-refractivity contribution in [1.29, 1.82) is 0 Å². The zero-order valence-electron chi connectivity index (χ0n) is 11.9. The molecule has 0 aliphatic carbocycles. The number of rotatable bonds is 3. The zero-order chi connectivity index (χ0) is 15.0. The van der Waals surface area contributed by atoms with Gasteiger partial charge in [-0.15, -0.1) is 0 Å². The minimum Gasteiger partial charge on any atom is -0.387 e. The van der Waals surface area contributed by atoms with Gasteiger partial charge in [0.05, 0.1) is 18.8 Å². The van der Waals surface area contributed by atoms with Gasteiger partial charge in [-0.1, -0.05) is 29.8 Å². The van der Waals surface area contributed by atoms with Crippen molar-refractivity contribution in [2.45, 2.75) is 19.6 Å². The highest BCUT2D eigenvalue weighted by molar-refractivity contribution is 5.72. The van der Waals surface area contributed by atoms with Crippen molar-refractivity contribution in [3.05, 3.63) is 58.3 Å². The lowest BCUT2D eigenvalue weighted by Crippen LogP contribution is -2.23. The molecular formula is C15H16N4O2. The number of aryl methyl sites for hydroxylation is 2. The first-order chi connectivity index (χ1) is 10.1. The van der Waals surface area contributed by atoms with Crippen molar-refractivity contribution < 1.29 is 5.11 Å². The van der Waals surface area contributed by atoms with Crippen molar-refractivity contribution in [2.24, 2.45) is 7.05 Å². The van der Waals surface area contributed by atoms with Crippen LogP contribution in [0.4, 0.5) is 0 Å². The first kappa shape index (κ1) is 13.5. The number of benzene rings is 1. The fraction of sp³-hybridized carbons (Fsp3) is 0.267. The van der Waals surface area contributed by atoms with Gasteiger partial charge in [0, 0.05) is 7.05 Å². The summed E-state index contributed by atoms with van der Waals surface area (Å²) in [6.07, 6.45) is 2.20. The second-order valence-corrected chi connectivity index (χ2v) is 5.13. The average molecular weight is 284 g/mol. The summed E-state index contributed by atoms with van der Waals surface area (Å²) in [7, 11) is 1.74. The van der Waals surface area contributed by atoms with Crippen LogP contribution >= 0.6 is 0 Å². The van der Waals surface area contributed by atoms with E-state index in [1.165, 1.54) is 17.1 Å². The summed E-state index contributed by atoms with van der Waals surface area (Å²) >= 11 is 0. The van der Waals surface area contributed by atoms with E-state index in [4.69, 9.17) is 0 Å². The van der Waals surface area contributed by atoms with E-state index in [0.717, 1.165) is 11.1 Å². The van der Waals surface area contributed by atoms with E-state index in [9.17, 15) is 9.90 Å². The molecule has 108 valence electrons. The van der Waals surface area contributed by atoms with Crippen molar-refractivity contribution >= 4 is 11.0 Å².